The minimum absolute atomic E-state index is 0.0418. The van der Waals surface area contributed by atoms with Gasteiger partial charge in [-0.1, -0.05) is 47.5 Å². The summed E-state index contributed by atoms with van der Waals surface area (Å²) < 4.78 is 1.48. The molecule has 10 heteroatoms. The number of halogens is 2. The van der Waals surface area contributed by atoms with Gasteiger partial charge in [0.25, 0.3) is 5.56 Å². The Morgan fingerprint density at radius 3 is 2.55 bits per heavy atom. The number of benzene rings is 2. The van der Waals surface area contributed by atoms with Gasteiger partial charge in [-0.3, -0.25) is 9.36 Å². The molecule has 0 amide bonds. The first-order valence-electron chi connectivity index (χ1n) is 9.17. The van der Waals surface area contributed by atoms with Crippen molar-refractivity contribution in [2.24, 2.45) is 0 Å². The number of rotatable bonds is 4. The highest BCUT2D eigenvalue weighted by Gasteiger charge is 2.21. The predicted octanol–water partition coefficient (Wildman–Crippen LogP) is 4.11. The molecule has 2 aromatic heterocycles. The van der Waals surface area contributed by atoms with E-state index in [1.807, 2.05) is 24.3 Å². The molecule has 2 heterocycles. The van der Waals surface area contributed by atoms with Crippen LogP contribution in [0.5, 0.6) is 0 Å². The van der Waals surface area contributed by atoms with Gasteiger partial charge in [-0.05, 0) is 31.2 Å². The summed E-state index contributed by atoms with van der Waals surface area (Å²) in [6.07, 6.45) is 0. The lowest BCUT2D eigenvalue weighted by Gasteiger charge is -2.21. The molecule has 0 aliphatic carbocycles. The Bertz CT molecular complexity index is 1400. The minimum atomic E-state index is -0.561. The Balaban J connectivity index is 1.94. The van der Waals surface area contributed by atoms with Gasteiger partial charge in [-0.15, -0.1) is 0 Å². The van der Waals surface area contributed by atoms with Gasteiger partial charge in [-0.25, -0.2) is 4.98 Å². The topological polar surface area (TPSA) is 123 Å². The normalized spacial score (nSPS) is 11.8. The van der Waals surface area contributed by atoms with Crippen molar-refractivity contribution < 1.29 is 0 Å². The van der Waals surface area contributed by atoms with E-state index in [0.29, 0.717) is 27.4 Å². The fraction of sp³-hybridized carbons (Fsp3) is 0.0952. The third-order valence-corrected chi connectivity index (χ3v) is 5.21. The van der Waals surface area contributed by atoms with Gasteiger partial charge < -0.3 is 11.1 Å². The maximum Gasteiger partial charge on any atom is 0.267 e. The molecule has 4 aromatic rings. The minimum Gasteiger partial charge on any atom is -0.368 e. The van der Waals surface area contributed by atoms with Crippen LogP contribution >= 0.6 is 23.2 Å². The van der Waals surface area contributed by atoms with Crippen molar-refractivity contribution in [2.45, 2.75) is 13.0 Å². The highest BCUT2D eigenvalue weighted by atomic mass is 35.5. The van der Waals surface area contributed by atoms with Gasteiger partial charge in [0.1, 0.15) is 17.5 Å². The SMILES string of the molecule is CC(Nc1nc(N)nc(Cl)c1C#N)c1nc2cccc(Cl)c2c(=O)n1-c1ccccc1. The second-order valence-corrected chi connectivity index (χ2v) is 7.42. The third kappa shape index (κ3) is 3.77. The van der Waals surface area contributed by atoms with E-state index in [-0.39, 0.29) is 28.0 Å². The molecule has 1 atom stereocenters. The molecule has 1 unspecified atom stereocenters. The van der Waals surface area contributed by atoms with Crippen molar-refractivity contribution in [3.05, 3.63) is 80.4 Å². The van der Waals surface area contributed by atoms with Crippen LogP contribution in [0.25, 0.3) is 16.6 Å². The fourth-order valence-electron chi connectivity index (χ4n) is 3.25. The number of anilines is 2. The Kier molecular flexibility index (Phi) is 5.46. The highest BCUT2D eigenvalue weighted by Crippen LogP contribution is 2.27. The van der Waals surface area contributed by atoms with Crippen molar-refractivity contribution in [1.29, 1.82) is 5.26 Å². The molecule has 0 spiro atoms. The number of hydrogen-bond acceptors (Lipinski definition) is 7. The summed E-state index contributed by atoms with van der Waals surface area (Å²) in [6, 6.07) is 15.6. The molecule has 3 N–H and O–H groups in total. The van der Waals surface area contributed by atoms with Crippen LogP contribution in [-0.4, -0.2) is 19.5 Å². The van der Waals surface area contributed by atoms with Crippen molar-refractivity contribution in [3.8, 4) is 11.8 Å². The van der Waals surface area contributed by atoms with Crippen LogP contribution in [0.2, 0.25) is 10.2 Å². The summed E-state index contributed by atoms with van der Waals surface area (Å²) in [5.41, 5.74) is 6.49. The average molecular weight is 452 g/mol. The molecular formula is C21H15Cl2N7O. The van der Waals surface area contributed by atoms with Gasteiger partial charge >= 0.3 is 0 Å². The molecule has 0 fully saturated rings. The van der Waals surface area contributed by atoms with Gasteiger partial charge in [0.2, 0.25) is 5.95 Å². The van der Waals surface area contributed by atoms with Crippen molar-refractivity contribution in [3.63, 3.8) is 0 Å². The van der Waals surface area contributed by atoms with Crippen LogP contribution in [0.3, 0.4) is 0 Å². The Hall–Kier alpha value is -3.67. The molecule has 0 saturated heterocycles. The van der Waals surface area contributed by atoms with Gasteiger partial charge in [0, 0.05) is 0 Å². The number of aromatic nitrogens is 4. The Labute approximate surface area is 186 Å². The van der Waals surface area contributed by atoms with Crippen LogP contribution in [0.4, 0.5) is 11.8 Å². The van der Waals surface area contributed by atoms with E-state index in [1.165, 1.54) is 4.57 Å². The number of fused-ring (bicyclic) bond motifs is 1. The van der Waals surface area contributed by atoms with Crippen molar-refractivity contribution in [1.82, 2.24) is 19.5 Å². The lowest BCUT2D eigenvalue weighted by molar-refractivity contribution is 0.730. The molecular weight excluding hydrogens is 437 g/mol. The predicted molar refractivity (Wildman–Crippen MR) is 121 cm³/mol. The summed E-state index contributed by atoms with van der Waals surface area (Å²) in [7, 11) is 0. The zero-order chi connectivity index (χ0) is 22.1. The highest BCUT2D eigenvalue weighted by molar-refractivity contribution is 6.35. The molecule has 4 rings (SSSR count). The first-order chi connectivity index (χ1) is 14.9. The van der Waals surface area contributed by atoms with Crippen molar-refractivity contribution >= 4 is 45.9 Å². The molecule has 0 radical (unpaired) electrons. The van der Waals surface area contributed by atoms with E-state index in [1.54, 1.807) is 37.3 Å². The number of nitrogens with two attached hydrogens (primary N) is 1. The van der Waals surface area contributed by atoms with Gasteiger partial charge in [-0.2, -0.15) is 15.2 Å². The molecule has 0 saturated carbocycles. The largest absolute Gasteiger partial charge is 0.368 e. The summed E-state index contributed by atoms with van der Waals surface area (Å²) in [5, 5.41) is 13.1. The first-order valence-corrected chi connectivity index (χ1v) is 9.92. The number of nitriles is 1. The van der Waals surface area contributed by atoms with Gasteiger partial charge in [0.05, 0.1) is 27.7 Å². The Morgan fingerprint density at radius 2 is 1.84 bits per heavy atom. The second kappa shape index (κ2) is 8.22. The summed E-state index contributed by atoms with van der Waals surface area (Å²) in [6.45, 7) is 1.78. The van der Waals surface area contributed by atoms with Crippen molar-refractivity contribution in [2.75, 3.05) is 11.1 Å². The molecule has 31 heavy (non-hydrogen) atoms. The van der Waals surface area contributed by atoms with Crippen LogP contribution in [0.1, 0.15) is 24.4 Å². The maximum absolute atomic E-state index is 13.5. The Morgan fingerprint density at radius 1 is 1.10 bits per heavy atom. The quantitative estimate of drug-likeness (QED) is 0.447. The third-order valence-electron chi connectivity index (χ3n) is 4.62. The summed E-state index contributed by atoms with van der Waals surface area (Å²) >= 11 is 12.3. The van der Waals surface area contributed by atoms with E-state index in [9.17, 15) is 10.1 Å². The second-order valence-electron chi connectivity index (χ2n) is 6.65. The smallest absolute Gasteiger partial charge is 0.267 e. The van der Waals surface area contributed by atoms with Crippen LogP contribution in [0.15, 0.2) is 53.3 Å². The number of hydrogen-bond donors (Lipinski definition) is 2. The number of nitrogens with one attached hydrogen (secondary N) is 1. The summed E-state index contributed by atoms with van der Waals surface area (Å²) in [5.74, 6) is 0.452. The molecule has 0 aliphatic rings. The molecule has 154 valence electrons. The zero-order valence-corrected chi connectivity index (χ0v) is 17.7. The van der Waals surface area contributed by atoms with E-state index in [2.05, 4.69) is 15.3 Å². The van der Waals surface area contributed by atoms with E-state index >= 15 is 0 Å². The molecule has 0 bridgehead atoms. The number of nitrogen functional groups attached to an aromatic ring is 1. The fourth-order valence-corrected chi connectivity index (χ4v) is 3.72. The van der Waals surface area contributed by atoms with E-state index in [0.717, 1.165) is 0 Å². The van der Waals surface area contributed by atoms with Crippen LogP contribution < -0.4 is 16.6 Å². The number of nitrogens with zero attached hydrogens (tertiary/aromatic N) is 5. The average Bonchev–Trinajstić information content (AvgIpc) is 2.74. The lowest BCUT2D eigenvalue weighted by atomic mass is 10.2. The zero-order valence-electron chi connectivity index (χ0n) is 16.2. The van der Waals surface area contributed by atoms with E-state index < -0.39 is 6.04 Å². The summed E-state index contributed by atoms with van der Waals surface area (Å²) in [4.78, 5) is 26.0. The van der Waals surface area contributed by atoms with E-state index in [4.69, 9.17) is 33.9 Å². The molecule has 8 nitrogen and oxygen atoms in total. The lowest BCUT2D eigenvalue weighted by Crippen LogP contribution is -2.27. The van der Waals surface area contributed by atoms with Gasteiger partial charge in [0.15, 0.2) is 11.0 Å². The monoisotopic (exact) mass is 451 g/mol. The molecule has 0 aliphatic heterocycles. The maximum atomic E-state index is 13.5. The standard InChI is InChI=1S/C21H15Cl2N7O/c1-11(26-18-13(10-24)17(23)28-21(25)29-18)19-27-15-9-5-8-14(22)16(15)20(31)30(19)12-6-3-2-4-7-12/h2-9,11H,1H3,(H3,25,26,28,29). The number of para-hydroxylation sites is 1. The molecule has 2 aromatic carbocycles. The van der Waals surface area contributed by atoms with Crippen LogP contribution in [0, 0.1) is 11.3 Å². The van der Waals surface area contributed by atoms with Crippen LogP contribution in [-0.2, 0) is 0 Å². The first kappa shape index (κ1) is 20.6.